The van der Waals surface area contributed by atoms with E-state index in [1.165, 1.54) is 30.3 Å². The fourth-order valence-electron chi connectivity index (χ4n) is 2.41. The van der Waals surface area contributed by atoms with Crippen molar-refractivity contribution in [3.8, 4) is 0 Å². The Morgan fingerprint density at radius 2 is 2.09 bits per heavy atom. The SMILES string of the molecule is C=CCNS(=O)(=O)c1ccc(C(=O)N2CCCC(N)C2)cc1. The van der Waals surface area contributed by atoms with E-state index in [-0.39, 0.29) is 23.4 Å². The molecule has 0 bridgehead atoms. The molecule has 1 aliphatic heterocycles. The van der Waals surface area contributed by atoms with Gasteiger partial charge in [0.2, 0.25) is 10.0 Å². The number of nitrogens with one attached hydrogen (secondary N) is 1. The molecule has 7 heteroatoms. The summed E-state index contributed by atoms with van der Waals surface area (Å²) < 4.78 is 26.3. The van der Waals surface area contributed by atoms with Crippen molar-refractivity contribution in [1.29, 1.82) is 0 Å². The Labute approximate surface area is 131 Å². The van der Waals surface area contributed by atoms with E-state index in [1.807, 2.05) is 0 Å². The van der Waals surface area contributed by atoms with Crippen LogP contribution in [0, 0.1) is 0 Å². The molecule has 1 aromatic carbocycles. The molecule has 22 heavy (non-hydrogen) atoms. The second-order valence-electron chi connectivity index (χ2n) is 5.32. The third-order valence-electron chi connectivity index (χ3n) is 3.57. The van der Waals surface area contributed by atoms with Crippen molar-refractivity contribution in [2.24, 2.45) is 5.73 Å². The molecule has 1 aliphatic rings. The van der Waals surface area contributed by atoms with Gasteiger partial charge in [0.15, 0.2) is 0 Å². The van der Waals surface area contributed by atoms with Crippen LogP contribution in [0.4, 0.5) is 0 Å². The van der Waals surface area contributed by atoms with Crippen molar-refractivity contribution in [2.75, 3.05) is 19.6 Å². The molecule has 0 radical (unpaired) electrons. The van der Waals surface area contributed by atoms with Gasteiger partial charge in [-0.05, 0) is 37.1 Å². The summed E-state index contributed by atoms with van der Waals surface area (Å²) in [5.41, 5.74) is 6.35. The molecule has 0 spiro atoms. The third kappa shape index (κ3) is 3.94. The highest BCUT2D eigenvalue weighted by molar-refractivity contribution is 7.89. The fraction of sp³-hybridized carbons (Fsp3) is 0.400. The number of rotatable bonds is 5. The number of piperidine rings is 1. The van der Waals surface area contributed by atoms with Crippen LogP contribution in [0.15, 0.2) is 41.8 Å². The summed E-state index contributed by atoms with van der Waals surface area (Å²) in [5.74, 6) is -0.113. The van der Waals surface area contributed by atoms with Gasteiger partial charge in [0.25, 0.3) is 5.91 Å². The topological polar surface area (TPSA) is 92.5 Å². The Kier molecular flexibility index (Phi) is 5.33. The summed E-state index contributed by atoms with van der Waals surface area (Å²) in [6.45, 7) is 4.86. The highest BCUT2D eigenvalue weighted by Gasteiger charge is 2.22. The van der Waals surface area contributed by atoms with E-state index in [0.29, 0.717) is 18.7 Å². The van der Waals surface area contributed by atoms with Crippen LogP contribution in [-0.4, -0.2) is 44.9 Å². The maximum atomic E-state index is 12.4. The molecule has 1 amide bonds. The van der Waals surface area contributed by atoms with Gasteiger partial charge in [0.05, 0.1) is 4.90 Å². The Morgan fingerprint density at radius 1 is 1.41 bits per heavy atom. The fourth-order valence-corrected chi connectivity index (χ4v) is 3.40. The molecule has 2 rings (SSSR count). The molecule has 0 saturated carbocycles. The van der Waals surface area contributed by atoms with E-state index in [9.17, 15) is 13.2 Å². The van der Waals surface area contributed by atoms with Crippen molar-refractivity contribution in [1.82, 2.24) is 9.62 Å². The van der Waals surface area contributed by atoms with E-state index in [2.05, 4.69) is 11.3 Å². The van der Waals surface area contributed by atoms with Gasteiger partial charge >= 0.3 is 0 Å². The summed E-state index contributed by atoms with van der Waals surface area (Å²) >= 11 is 0. The second kappa shape index (κ2) is 7.04. The number of nitrogens with zero attached hydrogens (tertiary/aromatic N) is 1. The predicted octanol–water partition coefficient (Wildman–Crippen LogP) is 0.714. The van der Waals surface area contributed by atoms with Crippen molar-refractivity contribution >= 4 is 15.9 Å². The molecular formula is C15H21N3O3S. The van der Waals surface area contributed by atoms with Crippen molar-refractivity contribution in [3.63, 3.8) is 0 Å². The van der Waals surface area contributed by atoms with Crippen LogP contribution in [0.5, 0.6) is 0 Å². The standard InChI is InChI=1S/C15H21N3O3S/c1-2-9-17-22(20,21)14-7-5-12(6-8-14)15(19)18-10-3-4-13(16)11-18/h2,5-8,13,17H,1,3-4,9-11,16H2. The molecule has 6 nitrogen and oxygen atoms in total. The molecule has 1 unspecified atom stereocenters. The molecule has 1 aromatic rings. The molecule has 0 aliphatic carbocycles. The van der Waals surface area contributed by atoms with Crippen molar-refractivity contribution in [3.05, 3.63) is 42.5 Å². The smallest absolute Gasteiger partial charge is 0.253 e. The normalized spacial score (nSPS) is 19.0. The first-order valence-electron chi connectivity index (χ1n) is 7.19. The second-order valence-corrected chi connectivity index (χ2v) is 7.09. The lowest BCUT2D eigenvalue weighted by Crippen LogP contribution is -2.45. The van der Waals surface area contributed by atoms with Crippen LogP contribution in [0.3, 0.4) is 0 Å². The average molecular weight is 323 g/mol. The minimum atomic E-state index is -3.56. The summed E-state index contributed by atoms with van der Waals surface area (Å²) in [4.78, 5) is 14.2. The highest BCUT2D eigenvalue weighted by Crippen LogP contribution is 2.15. The number of amides is 1. The molecule has 3 N–H and O–H groups in total. The first-order valence-corrected chi connectivity index (χ1v) is 8.68. The van der Waals surface area contributed by atoms with E-state index >= 15 is 0 Å². The van der Waals surface area contributed by atoms with Gasteiger partial charge in [0, 0.05) is 31.2 Å². The Balaban J connectivity index is 2.11. The minimum Gasteiger partial charge on any atom is -0.337 e. The number of sulfonamides is 1. The summed E-state index contributed by atoms with van der Waals surface area (Å²) in [6.07, 6.45) is 3.29. The number of carbonyl (C=O) groups excluding carboxylic acids is 1. The maximum absolute atomic E-state index is 12.4. The van der Waals surface area contributed by atoms with Gasteiger partial charge in [-0.25, -0.2) is 13.1 Å². The van der Waals surface area contributed by atoms with E-state index in [1.54, 1.807) is 4.90 Å². The average Bonchev–Trinajstić information content (AvgIpc) is 2.52. The Hall–Kier alpha value is -1.70. The van der Waals surface area contributed by atoms with E-state index in [0.717, 1.165) is 12.8 Å². The monoisotopic (exact) mass is 323 g/mol. The number of carbonyl (C=O) groups is 1. The van der Waals surface area contributed by atoms with E-state index in [4.69, 9.17) is 5.73 Å². The van der Waals surface area contributed by atoms with Crippen LogP contribution in [-0.2, 0) is 10.0 Å². The zero-order valence-electron chi connectivity index (χ0n) is 12.4. The van der Waals surface area contributed by atoms with Crippen molar-refractivity contribution < 1.29 is 13.2 Å². The van der Waals surface area contributed by atoms with Crippen LogP contribution < -0.4 is 10.5 Å². The number of benzene rings is 1. The molecule has 1 saturated heterocycles. The molecule has 1 fully saturated rings. The molecule has 1 heterocycles. The van der Waals surface area contributed by atoms with Crippen molar-refractivity contribution in [2.45, 2.75) is 23.8 Å². The van der Waals surface area contributed by atoms with Gasteiger partial charge < -0.3 is 10.6 Å². The zero-order chi connectivity index (χ0) is 16.2. The zero-order valence-corrected chi connectivity index (χ0v) is 13.2. The lowest BCUT2D eigenvalue weighted by atomic mass is 10.1. The largest absolute Gasteiger partial charge is 0.337 e. The lowest BCUT2D eigenvalue weighted by Gasteiger charge is -2.30. The number of hydrogen-bond acceptors (Lipinski definition) is 4. The Bertz CT molecular complexity index is 641. The van der Waals surface area contributed by atoms with E-state index < -0.39 is 10.0 Å². The summed E-state index contributed by atoms with van der Waals surface area (Å²) in [6, 6.07) is 5.95. The number of hydrogen-bond donors (Lipinski definition) is 2. The van der Waals surface area contributed by atoms with Crippen LogP contribution in [0.25, 0.3) is 0 Å². The first-order chi connectivity index (χ1) is 10.4. The lowest BCUT2D eigenvalue weighted by molar-refractivity contribution is 0.0708. The molecular weight excluding hydrogens is 302 g/mol. The summed E-state index contributed by atoms with van der Waals surface area (Å²) in [7, 11) is -3.56. The van der Waals surface area contributed by atoms with Gasteiger partial charge in [-0.3, -0.25) is 4.79 Å². The van der Waals surface area contributed by atoms with Gasteiger partial charge in [-0.2, -0.15) is 0 Å². The highest BCUT2D eigenvalue weighted by atomic mass is 32.2. The molecule has 120 valence electrons. The van der Waals surface area contributed by atoms with Gasteiger partial charge in [0.1, 0.15) is 0 Å². The van der Waals surface area contributed by atoms with Crippen LogP contribution in [0.1, 0.15) is 23.2 Å². The maximum Gasteiger partial charge on any atom is 0.253 e. The van der Waals surface area contributed by atoms with Crippen LogP contribution in [0.2, 0.25) is 0 Å². The summed E-state index contributed by atoms with van der Waals surface area (Å²) in [5, 5.41) is 0. The van der Waals surface area contributed by atoms with Gasteiger partial charge in [-0.1, -0.05) is 6.08 Å². The van der Waals surface area contributed by atoms with Gasteiger partial charge in [-0.15, -0.1) is 6.58 Å². The minimum absolute atomic E-state index is 0.0143. The number of nitrogens with two attached hydrogens (primary N) is 1. The van der Waals surface area contributed by atoms with Crippen LogP contribution >= 0.6 is 0 Å². The first kappa shape index (κ1) is 16.7. The Morgan fingerprint density at radius 3 is 2.68 bits per heavy atom. The number of likely N-dealkylation sites (tertiary alicyclic amines) is 1. The quantitative estimate of drug-likeness (QED) is 0.781. The predicted molar refractivity (Wildman–Crippen MR) is 84.9 cm³/mol. The molecule has 0 aromatic heterocycles. The third-order valence-corrected chi connectivity index (χ3v) is 5.01. The molecule has 1 atom stereocenters.